The van der Waals surface area contributed by atoms with Gasteiger partial charge in [0.05, 0.1) is 12.3 Å². The van der Waals surface area contributed by atoms with E-state index in [1.807, 2.05) is 0 Å². The van der Waals surface area contributed by atoms with Gasteiger partial charge in [-0.05, 0) is 39.5 Å². The number of aromatic nitrogens is 2. The van der Waals surface area contributed by atoms with E-state index < -0.39 is 0 Å². The third-order valence-corrected chi connectivity index (χ3v) is 3.67. The highest BCUT2D eigenvalue weighted by molar-refractivity contribution is 5.19. The van der Waals surface area contributed by atoms with E-state index in [1.54, 1.807) is 7.11 Å². The molecule has 0 spiro atoms. The number of methoxy groups -OCH3 is 1. The highest BCUT2D eigenvalue weighted by Crippen LogP contribution is 2.21. The van der Waals surface area contributed by atoms with Gasteiger partial charge in [-0.1, -0.05) is 0 Å². The third kappa shape index (κ3) is 3.12. The first-order valence-corrected chi connectivity index (χ1v) is 6.99. The van der Waals surface area contributed by atoms with Gasteiger partial charge in [0.2, 0.25) is 0 Å². The third-order valence-electron chi connectivity index (χ3n) is 3.67. The molecule has 1 aromatic heterocycles. The van der Waals surface area contributed by atoms with Crippen molar-refractivity contribution in [1.82, 2.24) is 14.9 Å². The standard InChI is InChI=1S/C14H25N3O/c1-11(10-18-3)15-8-9-17-12(2)16-13-6-4-5-7-14(13)17/h11,15H,4-10H2,1-3H3. The summed E-state index contributed by atoms with van der Waals surface area (Å²) in [5, 5.41) is 3.48. The fraction of sp³-hybridized carbons (Fsp3) is 0.786. The van der Waals surface area contributed by atoms with Crippen LogP contribution in [-0.4, -0.2) is 35.9 Å². The van der Waals surface area contributed by atoms with Crippen molar-refractivity contribution in [3.05, 3.63) is 17.2 Å². The van der Waals surface area contributed by atoms with Gasteiger partial charge in [0.1, 0.15) is 5.82 Å². The summed E-state index contributed by atoms with van der Waals surface area (Å²) < 4.78 is 7.51. The lowest BCUT2D eigenvalue weighted by Gasteiger charge is -2.17. The number of imidazole rings is 1. The number of fused-ring (bicyclic) bond motifs is 1. The van der Waals surface area contributed by atoms with Crippen LogP contribution < -0.4 is 5.32 Å². The second-order valence-electron chi connectivity index (χ2n) is 5.22. The quantitative estimate of drug-likeness (QED) is 0.836. The van der Waals surface area contributed by atoms with E-state index in [0.717, 1.165) is 26.1 Å². The van der Waals surface area contributed by atoms with Crippen molar-refractivity contribution in [1.29, 1.82) is 0 Å². The molecule has 0 amide bonds. The van der Waals surface area contributed by atoms with Gasteiger partial charge in [0, 0.05) is 31.9 Å². The van der Waals surface area contributed by atoms with Crippen molar-refractivity contribution < 1.29 is 4.74 Å². The molecule has 0 bridgehead atoms. The topological polar surface area (TPSA) is 39.1 Å². The lowest BCUT2D eigenvalue weighted by atomic mass is 10.0. The molecule has 1 heterocycles. The summed E-state index contributed by atoms with van der Waals surface area (Å²) in [6.45, 7) is 7.04. The molecule has 0 radical (unpaired) electrons. The van der Waals surface area contributed by atoms with Crippen LogP contribution in [0.2, 0.25) is 0 Å². The molecule has 1 aromatic rings. The lowest BCUT2D eigenvalue weighted by Crippen LogP contribution is -2.33. The van der Waals surface area contributed by atoms with Crippen LogP contribution in [0.15, 0.2) is 0 Å². The molecule has 0 fully saturated rings. The zero-order valence-corrected chi connectivity index (χ0v) is 11.8. The number of ether oxygens (including phenoxy) is 1. The van der Waals surface area contributed by atoms with Gasteiger partial charge in [0.25, 0.3) is 0 Å². The average molecular weight is 251 g/mol. The molecular weight excluding hydrogens is 226 g/mol. The van der Waals surface area contributed by atoms with E-state index in [9.17, 15) is 0 Å². The highest BCUT2D eigenvalue weighted by atomic mass is 16.5. The van der Waals surface area contributed by atoms with E-state index >= 15 is 0 Å². The van der Waals surface area contributed by atoms with E-state index in [-0.39, 0.29) is 0 Å². The van der Waals surface area contributed by atoms with Crippen molar-refractivity contribution in [2.75, 3.05) is 20.3 Å². The number of hydrogen-bond donors (Lipinski definition) is 1. The summed E-state index contributed by atoms with van der Waals surface area (Å²) in [6, 6.07) is 0.412. The fourth-order valence-corrected chi connectivity index (χ4v) is 2.76. The lowest BCUT2D eigenvalue weighted by molar-refractivity contribution is 0.172. The molecule has 4 heteroatoms. The number of aryl methyl sites for hydroxylation is 2. The summed E-state index contributed by atoms with van der Waals surface area (Å²) in [4.78, 5) is 4.70. The molecule has 1 aliphatic carbocycles. The van der Waals surface area contributed by atoms with Crippen LogP contribution in [-0.2, 0) is 24.1 Å². The van der Waals surface area contributed by atoms with E-state index in [1.165, 1.54) is 36.5 Å². The molecule has 0 saturated heterocycles. The Morgan fingerprint density at radius 1 is 1.39 bits per heavy atom. The van der Waals surface area contributed by atoms with Gasteiger partial charge in [-0.3, -0.25) is 0 Å². The molecule has 1 N–H and O–H groups in total. The molecule has 2 rings (SSSR count). The normalized spacial score (nSPS) is 16.6. The molecule has 1 atom stereocenters. The SMILES string of the molecule is COCC(C)NCCn1c(C)nc2c1CCCC2. The number of hydrogen-bond acceptors (Lipinski definition) is 3. The Morgan fingerprint density at radius 2 is 2.17 bits per heavy atom. The van der Waals surface area contributed by atoms with Gasteiger partial charge < -0.3 is 14.6 Å². The van der Waals surface area contributed by atoms with E-state index in [0.29, 0.717) is 6.04 Å². The van der Waals surface area contributed by atoms with Crippen LogP contribution in [0, 0.1) is 6.92 Å². The first-order chi connectivity index (χ1) is 8.72. The Morgan fingerprint density at radius 3 is 2.94 bits per heavy atom. The van der Waals surface area contributed by atoms with E-state index in [4.69, 9.17) is 9.72 Å². The Balaban J connectivity index is 1.91. The smallest absolute Gasteiger partial charge is 0.106 e. The van der Waals surface area contributed by atoms with Crippen LogP contribution in [0.5, 0.6) is 0 Å². The largest absolute Gasteiger partial charge is 0.383 e. The van der Waals surface area contributed by atoms with Gasteiger partial charge in [-0.15, -0.1) is 0 Å². The second-order valence-corrected chi connectivity index (χ2v) is 5.22. The van der Waals surface area contributed by atoms with Crippen LogP contribution >= 0.6 is 0 Å². The Bertz CT molecular complexity index is 387. The van der Waals surface area contributed by atoms with E-state index in [2.05, 4.69) is 23.7 Å². The van der Waals surface area contributed by atoms with Crippen LogP contribution in [0.4, 0.5) is 0 Å². The molecular formula is C14H25N3O. The van der Waals surface area contributed by atoms with Crippen LogP contribution in [0.25, 0.3) is 0 Å². The maximum absolute atomic E-state index is 5.12. The number of rotatable bonds is 6. The summed E-state index contributed by atoms with van der Waals surface area (Å²) in [6.07, 6.45) is 4.97. The molecule has 18 heavy (non-hydrogen) atoms. The highest BCUT2D eigenvalue weighted by Gasteiger charge is 2.17. The maximum Gasteiger partial charge on any atom is 0.106 e. The maximum atomic E-state index is 5.12. The Hall–Kier alpha value is -0.870. The summed E-state index contributed by atoms with van der Waals surface area (Å²) in [5.41, 5.74) is 2.81. The zero-order chi connectivity index (χ0) is 13.0. The van der Waals surface area contributed by atoms with Gasteiger partial charge in [-0.25, -0.2) is 4.98 Å². The minimum absolute atomic E-state index is 0.412. The first kappa shape index (κ1) is 13.6. The molecule has 1 aliphatic rings. The second kappa shape index (κ2) is 6.34. The zero-order valence-electron chi connectivity index (χ0n) is 11.8. The van der Waals surface area contributed by atoms with Crippen LogP contribution in [0.1, 0.15) is 37.0 Å². The van der Waals surface area contributed by atoms with Crippen molar-refractivity contribution in [2.45, 2.75) is 52.1 Å². The molecule has 102 valence electrons. The molecule has 1 unspecified atom stereocenters. The Labute approximate surface area is 110 Å². The fourth-order valence-electron chi connectivity index (χ4n) is 2.76. The number of nitrogens with zero attached hydrogens (tertiary/aromatic N) is 2. The predicted molar refractivity (Wildman–Crippen MR) is 72.9 cm³/mol. The molecule has 0 aromatic carbocycles. The monoisotopic (exact) mass is 251 g/mol. The average Bonchev–Trinajstić information content (AvgIpc) is 2.66. The predicted octanol–water partition coefficient (Wildman–Crippen LogP) is 1.69. The van der Waals surface area contributed by atoms with Crippen molar-refractivity contribution in [2.24, 2.45) is 0 Å². The van der Waals surface area contributed by atoms with Gasteiger partial charge >= 0.3 is 0 Å². The Kier molecular flexibility index (Phi) is 4.78. The summed E-state index contributed by atoms with van der Waals surface area (Å²) in [7, 11) is 1.74. The summed E-state index contributed by atoms with van der Waals surface area (Å²) >= 11 is 0. The first-order valence-electron chi connectivity index (χ1n) is 6.99. The number of nitrogens with one attached hydrogen (secondary N) is 1. The molecule has 0 aliphatic heterocycles. The minimum Gasteiger partial charge on any atom is -0.383 e. The van der Waals surface area contributed by atoms with Crippen LogP contribution in [0.3, 0.4) is 0 Å². The summed E-state index contributed by atoms with van der Waals surface area (Å²) in [5.74, 6) is 1.17. The molecule has 4 nitrogen and oxygen atoms in total. The van der Waals surface area contributed by atoms with Gasteiger partial charge in [-0.2, -0.15) is 0 Å². The van der Waals surface area contributed by atoms with Crippen molar-refractivity contribution >= 4 is 0 Å². The van der Waals surface area contributed by atoms with Crippen molar-refractivity contribution in [3.63, 3.8) is 0 Å². The molecule has 0 saturated carbocycles. The minimum atomic E-state index is 0.412. The van der Waals surface area contributed by atoms with Gasteiger partial charge in [0.15, 0.2) is 0 Å². The van der Waals surface area contributed by atoms with Crippen molar-refractivity contribution in [3.8, 4) is 0 Å².